The largest absolute Gasteiger partial charge is 0.484 e. The lowest BCUT2D eigenvalue weighted by atomic mass is 10.2. The first-order valence-corrected chi connectivity index (χ1v) is 9.67. The standard InChI is InChI=1S/C20H20N4O4S/c1-4-9-23-13(2)10-17(14(23)3)18-12-29-20(21-18)22-19(25)11-28-16-7-5-15(6-8-16)24(26)27/h4-8,10,12H,1,9,11H2,2-3H3,(H,21,22,25). The fraction of sp³-hybridized carbons (Fsp3) is 0.200. The average molecular weight is 412 g/mol. The van der Waals surface area contributed by atoms with E-state index >= 15 is 0 Å². The predicted octanol–water partition coefficient (Wildman–Crippen LogP) is 4.34. The van der Waals surface area contributed by atoms with Crippen LogP contribution in [-0.2, 0) is 11.3 Å². The molecule has 3 aromatic rings. The number of hydrogen-bond acceptors (Lipinski definition) is 6. The van der Waals surface area contributed by atoms with E-state index in [4.69, 9.17) is 4.74 Å². The van der Waals surface area contributed by atoms with Crippen LogP contribution in [0.15, 0.2) is 48.4 Å². The Morgan fingerprint density at radius 2 is 2.10 bits per heavy atom. The van der Waals surface area contributed by atoms with E-state index in [9.17, 15) is 14.9 Å². The molecule has 29 heavy (non-hydrogen) atoms. The van der Waals surface area contributed by atoms with Gasteiger partial charge in [0, 0.05) is 41.0 Å². The van der Waals surface area contributed by atoms with Crippen molar-refractivity contribution in [3.63, 3.8) is 0 Å². The van der Waals surface area contributed by atoms with E-state index in [1.807, 2.05) is 25.3 Å². The lowest BCUT2D eigenvalue weighted by Crippen LogP contribution is -2.20. The summed E-state index contributed by atoms with van der Waals surface area (Å²) >= 11 is 1.33. The fourth-order valence-electron chi connectivity index (χ4n) is 2.89. The average Bonchev–Trinajstić information content (AvgIpc) is 3.26. The van der Waals surface area contributed by atoms with Gasteiger partial charge in [-0.25, -0.2) is 4.98 Å². The molecule has 9 heteroatoms. The highest BCUT2D eigenvalue weighted by Crippen LogP contribution is 2.30. The normalized spacial score (nSPS) is 10.6. The maximum atomic E-state index is 12.1. The summed E-state index contributed by atoms with van der Waals surface area (Å²) in [6, 6.07) is 7.61. The van der Waals surface area contributed by atoms with Gasteiger partial charge in [0.05, 0.1) is 10.6 Å². The number of aryl methyl sites for hydroxylation is 1. The number of carbonyl (C=O) groups excluding carboxylic acids is 1. The number of hydrogen-bond donors (Lipinski definition) is 1. The first-order chi connectivity index (χ1) is 13.9. The predicted molar refractivity (Wildman–Crippen MR) is 112 cm³/mol. The zero-order valence-electron chi connectivity index (χ0n) is 16.0. The molecular weight excluding hydrogens is 392 g/mol. The van der Waals surface area contributed by atoms with Crippen LogP contribution in [0.1, 0.15) is 11.4 Å². The molecule has 1 aromatic carbocycles. The molecule has 0 fully saturated rings. The van der Waals surface area contributed by atoms with E-state index in [2.05, 4.69) is 27.5 Å². The number of amides is 1. The number of allylic oxidation sites excluding steroid dienone is 1. The van der Waals surface area contributed by atoms with E-state index < -0.39 is 4.92 Å². The van der Waals surface area contributed by atoms with Crippen molar-refractivity contribution < 1.29 is 14.5 Å². The Kier molecular flexibility index (Phi) is 6.08. The molecule has 1 amide bonds. The monoisotopic (exact) mass is 412 g/mol. The summed E-state index contributed by atoms with van der Waals surface area (Å²) in [5.74, 6) is 0.0154. The van der Waals surface area contributed by atoms with Crippen LogP contribution < -0.4 is 10.1 Å². The molecule has 8 nitrogen and oxygen atoms in total. The Balaban J connectivity index is 1.61. The van der Waals surface area contributed by atoms with Crippen molar-refractivity contribution in [1.82, 2.24) is 9.55 Å². The highest BCUT2D eigenvalue weighted by molar-refractivity contribution is 7.14. The topological polar surface area (TPSA) is 99.3 Å². The number of rotatable bonds is 8. The highest BCUT2D eigenvalue weighted by Gasteiger charge is 2.14. The molecule has 150 valence electrons. The number of nitrogens with one attached hydrogen (secondary N) is 1. The van der Waals surface area contributed by atoms with Crippen LogP contribution in [0, 0.1) is 24.0 Å². The minimum absolute atomic E-state index is 0.0374. The van der Waals surface area contributed by atoms with Gasteiger partial charge in [-0.05, 0) is 32.0 Å². The van der Waals surface area contributed by atoms with Crippen LogP contribution in [-0.4, -0.2) is 27.0 Å². The van der Waals surface area contributed by atoms with Gasteiger partial charge in [-0.2, -0.15) is 0 Å². The van der Waals surface area contributed by atoms with E-state index in [0.717, 1.165) is 29.2 Å². The second-order valence-corrected chi connectivity index (χ2v) is 7.17. The van der Waals surface area contributed by atoms with Crippen molar-refractivity contribution >= 4 is 28.1 Å². The Hall–Kier alpha value is -3.46. The first kappa shape index (κ1) is 20.3. The number of thiazole rings is 1. The fourth-order valence-corrected chi connectivity index (χ4v) is 3.62. The third-order valence-corrected chi connectivity index (χ3v) is 5.09. The molecule has 0 unspecified atom stereocenters. The SMILES string of the molecule is C=CCn1c(C)cc(-c2csc(NC(=O)COc3ccc([N+](=O)[O-])cc3)n2)c1C. The minimum atomic E-state index is -0.495. The molecule has 3 rings (SSSR count). The molecule has 0 atom stereocenters. The van der Waals surface area contributed by atoms with Crippen LogP contribution in [0.4, 0.5) is 10.8 Å². The van der Waals surface area contributed by atoms with Gasteiger partial charge in [-0.15, -0.1) is 17.9 Å². The van der Waals surface area contributed by atoms with Crippen molar-refractivity contribution in [3.8, 4) is 17.0 Å². The molecule has 2 heterocycles. The van der Waals surface area contributed by atoms with Crippen molar-refractivity contribution in [2.45, 2.75) is 20.4 Å². The third kappa shape index (κ3) is 4.69. The summed E-state index contributed by atoms with van der Waals surface area (Å²) in [7, 11) is 0. The lowest BCUT2D eigenvalue weighted by molar-refractivity contribution is -0.384. The summed E-state index contributed by atoms with van der Waals surface area (Å²) in [6.07, 6.45) is 1.85. The number of anilines is 1. The molecule has 1 N–H and O–H groups in total. The maximum absolute atomic E-state index is 12.1. The Morgan fingerprint density at radius 3 is 2.76 bits per heavy atom. The lowest BCUT2D eigenvalue weighted by Gasteiger charge is -2.06. The number of nitrogens with zero attached hydrogens (tertiary/aromatic N) is 3. The van der Waals surface area contributed by atoms with Gasteiger partial charge in [0.2, 0.25) is 0 Å². The third-order valence-electron chi connectivity index (χ3n) is 4.33. The van der Waals surface area contributed by atoms with Crippen molar-refractivity contribution in [2.24, 2.45) is 0 Å². The summed E-state index contributed by atoms with van der Waals surface area (Å²) in [4.78, 5) is 26.8. The summed E-state index contributed by atoms with van der Waals surface area (Å²) in [5.41, 5.74) is 3.98. The molecule has 0 saturated carbocycles. The zero-order chi connectivity index (χ0) is 21.0. The van der Waals surface area contributed by atoms with E-state index in [-0.39, 0.29) is 18.2 Å². The van der Waals surface area contributed by atoms with Crippen LogP contribution >= 0.6 is 11.3 Å². The van der Waals surface area contributed by atoms with Crippen molar-refractivity contribution in [2.75, 3.05) is 11.9 Å². The summed E-state index contributed by atoms with van der Waals surface area (Å²) in [5, 5.41) is 15.7. The van der Waals surface area contributed by atoms with E-state index in [1.54, 1.807) is 0 Å². The highest BCUT2D eigenvalue weighted by atomic mass is 32.1. The van der Waals surface area contributed by atoms with Crippen LogP contribution in [0.5, 0.6) is 5.75 Å². The van der Waals surface area contributed by atoms with Gasteiger partial charge >= 0.3 is 0 Å². The molecule has 0 aliphatic rings. The molecule has 0 bridgehead atoms. The van der Waals surface area contributed by atoms with Gasteiger partial charge in [-0.3, -0.25) is 20.2 Å². The van der Waals surface area contributed by atoms with Gasteiger partial charge < -0.3 is 9.30 Å². The van der Waals surface area contributed by atoms with E-state index in [1.165, 1.54) is 35.6 Å². The van der Waals surface area contributed by atoms with Gasteiger partial charge in [-0.1, -0.05) is 6.08 Å². The summed E-state index contributed by atoms with van der Waals surface area (Å²) < 4.78 is 7.51. The van der Waals surface area contributed by atoms with Gasteiger partial charge in [0.1, 0.15) is 5.75 Å². The molecule has 2 aromatic heterocycles. The second kappa shape index (κ2) is 8.70. The minimum Gasteiger partial charge on any atom is -0.484 e. The van der Waals surface area contributed by atoms with Crippen molar-refractivity contribution in [3.05, 3.63) is 69.9 Å². The number of non-ortho nitro benzene ring substituents is 1. The maximum Gasteiger partial charge on any atom is 0.269 e. The molecular formula is C20H20N4O4S. The van der Waals surface area contributed by atoms with Crippen LogP contribution in [0.25, 0.3) is 11.3 Å². The Bertz CT molecular complexity index is 1050. The van der Waals surface area contributed by atoms with Crippen LogP contribution in [0.2, 0.25) is 0 Å². The molecule has 0 spiro atoms. The number of carbonyl (C=O) groups is 1. The Morgan fingerprint density at radius 1 is 1.38 bits per heavy atom. The zero-order valence-corrected chi connectivity index (χ0v) is 16.9. The number of ether oxygens (including phenoxy) is 1. The van der Waals surface area contributed by atoms with E-state index in [0.29, 0.717) is 10.9 Å². The van der Waals surface area contributed by atoms with Crippen molar-refractivity contribution in [1.29, 1.82) is 0 Å². The number of nitro groups is 1. The second-order valence-electron chi connectivity index (χ2n) is 6.31. The number of nitro benzene ring substituents is 1. The summed E-state index contributed by atoms with van der Waals surface area (Å²) in [6.45, 7) is 8.35. The quantitative estimate of drug-likeness (QED) is 0.337. The first-order valence-electron chi connectivity index (χ1n) is 8.79. The Labute approximate surface area is 171 Å². The smallest absolute Gasteiger partial charge is 0.269 e. The molecule has 0 aliphatic carbocycles. The van der Waals surface area contributed by atoms with Gasteiger partial charge in [0.15, 0.2) is 11.7 Å². The van der Waals surface area contributed by atoms with Gasteiger partial charge in [0.25, 0.3) is 11.6 Å². The molecule has 0 radical (unpaired) electrons. The number of aromatic nitrogens is 2. The number of benzene rings is 1. The van der Waals surface area contributed by atoms with Crippen LogP contribution in [0.3, 0.4) is 0 Å². The molecule has 0 aliphatic heterocycles. The molecule has 0 saturated heterocycles.